The van der Waals surface area contributed by atoms with Gasteiger partial charge in [0.2, 0.25) is 0 Å². The second-order valence-electron chi connectivity index (χ2n) is 5.37. The predicted octanol–water partition coefficient (Wildman–Crippen LogP) is 5.53. The van der Waals surface area contributed by atoms with Crippen LogP contribution >= 0.6 is 31.9 Å². The van der Waals surface area contributed by atoms with Crippen LogP contribution in [0.5, 0.6) is 0 Å². The van der Waals surface area contributed by atoms with Crippen molar-refractivity contribution in [1.29, 1.82) is 0 Å². The Hall–Kier alpha value is -0.810. The summed E-state index contributed by atoms with van der Waals surface area (Å²) in [7, 11) is 0. The fourth-order valence-electron chi connectivity index (χ4n) is 2.77. The molecule has 0 aliphatic rings. The Bertz CT molecular complexity index is 639. The summed E-state index contributed by atoms with van der Waals surface area (Å²) in [4.78, 5) is 0. The molecule has 0 aliphatic carbocycles. The van der Waals surface area contributed by atoms with E-state index in [0.717, 1.165) is 26.9 Å². The Balaban J connectivity index is 2.35. The van der Waals surface area contributed by atoms with E-state index in [0.29, 0.717) is 0 Å². The van der Waals surface area contributed by atoms with Gasteiger partial charge in [0.1, 0.15) is 0 Å². The first kappa shape index (κ1) is 16.6. The maximum absolute atomic E-state index is 4.60. The molecule has 3 nitrogen and oxygen atoms in total. The first-order valence-corrected chi connectivity index (χ1v) is 8.69. The molecule has 1 heterocycles. The van der Waals surface area contributed by atoms with E-state index >= 15 is 0 Å². The van der Waals surface area contributed by atoms with Gasteiger partial charge >= 0.3 is 0 Å². The fourth-order valence-corrected chi connectivity index (χ4v) is 4.42. The van der Waals surface area contributed by atoms with Gasteiger partial charge in [-0.3, -0.25) is 4.68 Å². The highest BCUT2D eigenvalue weighted by Gasteiger charge is 2.18. The van der Waals surface area contributed by atoms with Crippen molar-refractivity contribution < 1.29 is 0 Å². The summed E-state index contributed by atoms with van der Waals surface area (Å²) in [5, 5.41) is 8.20. The summed E-state index contributed by atoms with van der Waals surface area (Å²) in [6, 6.07) is 4.44. The van der Waals surface area contributed by atoms with Crippen LogP contribution in [0, 0.1) is 20.8 Å². The normalized spacial score (nSPS) is 12.5. The van der Waals surface area contributed by atoms with E-state index in [1.807, 2.05) is 0 Å². The third-order valence-electron chi connectivity index (χ3n) is 3.72. The van der Waals surface area contributed by atoms with Gasteiger partial charge in [0.15, 0.2) is 0 Å². The van der Waals surface area contributed by atoms with Crippen LogP contribution in [0.4, 0.5) is 5.69 Å². The van der Waals surface area contributed by atoms with Gasteiger partial charge in [0.05, 0.1) is 17.4 Å². The Morgan fingerprint density at radius 1 is 1.19 bits per heavy atom. The molecule has 0 fully saturated rings. The van der Waals surface area contributed by atoms with Crippen molar-refractivity contribution >= 4 is 37.5 Å². The molecular weight excluding hydrogens is 394 g/mol. The molecule has 0 bridgehead atoms. The van der Waals surface area contributed by atoms with Crippen LogP contribution in [0.15, 0.2) is 21.1 Å². The number of hydrogen-bond acceptors (Lipinski definition) is 2. The number of rotatable bonds is 4. The van der Waals surface area contributed by atoms with E-state index in [-0.39, 0.29) is 6.04 Å². The van der Waals surface area contributed by atoms with Crippen molar-refractivity contribution in [2.24, 2.45) is 0 Å². The smallest absolute Gasteiger partial charge is 0.0649 e. The largest absolute Gasteiger partial charge is 0.377 e. The topological polar surface area (TPSA) is 29.9 Å². The third kappa shape index (κ3) is 3.34. The SMILES string of the molecule is CCn1nc(C)c(C(C)Nc2c(Br)cc(C)cc2Br)c1C. The van der Waals surface area contributed by atoms with E-state index in [9.17, 15) is 0 Å². The summed E-state index contributed by atoms with van der Waals surface area (Å²) in [6.07, 6.45) is 0. The summed E-state index contributed by atoms with van der Waals surface area (Å²) >= 11 is 7.28. The van der Waals surface area contributed by atoms with Gasteiger partial charge in [0, 0.05) is 26.7 Å². The number of benzene rings is 1. The molecule has 0 saturated carbocycles. The van der Waals surface area contributed by atoms with Gasteiger partial charge in [-0.15, -0.1) is 0 Å². The lowest BCUT2D eigenvalue weighted by molar-refractivity contribution is 0.632. The lowest BCUT2D eigenvalue weighted by Crippen LogP contribution is -2.10. The molecule has 0 radical (unpaired) electrons. The first-order valence-electron chi connectivity index (χ1n) is 7.11. The molecule has 2 aromatic rings. The number of aromatic nitrogens is 2. The molecule has 114 valence electrons. The summed E-state index contributed by atoms with van der Waals surface area (Å²) in [5.41, 5.74) is 5.90. The molecule has 1 N–H and O–H groups in total. The molecule has 5 heteroatoms. The Kier molecular flexibility index (Phi) is 5.15. The number of halogens is 2. The minimum atomic E-state index is 0.195. The molecule has 1 aromatic carbocycles. The maximum Gasteiger partial charge on any atom is 0.0649 e. The van der Waals surface area contributed by atoms with Crippen LogP contribution < -0.4 is 5.32 Å². The molecule has 1 unspecified atom stereocenters. The average Bonchev–Trinajstić information content (AvgIpc) is 2.68. The minimum Gasteiger partial charge on any atom is -0.377 e. The lowest BCUT2D eigenvalue weighted by atomic mass is 10.1. The number of hydrogen-bond donors (Lipinski definition) is 1. The molecule has 0 spiro atoms. The van der Waals surface area contributed by atoms with Gasteiger partial charge in [0.25, 0.3) is 0 Å². The number of anilines is 1. The van der Waals surface area contributed by atoms with Crippen LogP contribution in [-0.4, -0.2) is 9.78 Å². The Morgan fingerprint density at radius 2 is 1.76 bits per heavy atom. The van der Waals surface area contributed by atoms with Gasteiger partial charge in [-0.05, 0) is 84.2 Å². The summed E-state index contributed by atoms with van der Waals surface area (Å²) < 4.78 is 4.20. The quantitative estimate of drug-likeness (QED) is 0.712. The molecular formula is C16H21Br2N3. The van der Waals surface area contributed by atoms with E-state index in [1.54, 1.807) is 0 Å². The van der Waals surface area contributed by atoms with Crippen molar-refractivity contribution in [1.82, 2.24) is 9.78 Å². The average molecular weight is 415 g/mol. The second kappa shape index (κ2) is 6.53. The van der Waals surface area contributed by atoms with Crippen molar-refractivity contribution in [3.63, 3.8) is 0 Å². The molecule has 0 saturated heterocycles. The maximum atomic E-state index is 4.60. The molecule has 2 rings (SSSR count). The highest BCUT2D eigenvalue weighted by molar-refractivity contribution is 9.11. The second-order valence-corrected chi connectivity index (χ2v) is 7.08. The minimum absolute atomic E-state index is 0.195. The zero-order chi connectivity index (χ0) is 15.7. The molecule has 21 heavy (non-hydrogen) atoms. The molecule has 0 amide bonds. The van der Waals surface area contributed by atoms with E-state index in [4.69, 9.17) is 0 Å². The number of nitrogens with one attached hydrogen (secondary N) is 1. The highest BCUT2D eigenvalue weighted by Crippen LogP contribution is 2.35. The van der Waals surface area contributed by atoms with Crippen LogP contribution in [0.1, 0.15) is 42.4 Å². The molecule has 0 aliphatic heterocycles. The fraction of sp³-hybridized carbons (Fsp3) is 0.438. The Labute approximate surface area is 143 Å². The van der Waals surface area contributed by atoms with E-state index in [1.165, 1.54) is 16.8 Å². The lowest BCUT2D eigenvalue weighted by Gasteiger charge is -2.19. The third-order valence-corrected chi connectivity index (χ3v) is 4.97. The van der Waals surface area contributed by atoms with Crippen molar-refractivity contribution in [3.8, 4) is 0 Å². The monoisotopic (exact) mass is 413 g/mol. The number of nitrogens with zero attached hydrogens (tertiary/aromatic N) is 2. The van der Waals surface area contributed by atoms with Crippen LogP contribution in [0.2, 0.25) is 0 Å². The zero-order valence-corrected chi connectivity index (χ0v) is 16.3. The van der Waals surface area contributed by atoms with Crippen molar-refractivity contribution in [2.45, 2.75) is 47.2 Å². The van der Waals surface area contributed by atoms with Crippen molar-refractivity contribution in [2.75, 3.05) is 5.32 Å². The van der Waals surface area contributed by atoms with Crippen molar-refractivity contribution in [3.05, 3.63) is 43.6 Å². The summed E-state index contributed by atoms with van der Waals surface area (Å²) in [5.74, 6) is 0. The van der Waals surface area contributed by atoms with Gasteiger partial charge in [-0.2, -0.15) is 5.10 Å². The zero-order valence-electron chi connectivity index (χ0n) is 13.1. The Morgan fingerprint density at radius 3 is 2.24 bits per heavy atom. The van der Waals surface area contributed by atoms with Crippen LogP contribution in [0.3, 0.4) is 0 Å². The van der Waals surface area contributed by atoms with E-state index < -0.39 is 0 Å². The van der Waals surface area contributed by atoms with Gasteiger partial charge in [-0.1, -0.05) is 0 Å². The van der Waals surface area contributed by atoms with Crippen LogP contribution in [-0.2, 0) is 6.54 Å². The highest BCUT2D eigenvalue weighted by atomic mass is 79.9. The first-order chi connectivity index (χ1) is 9.85. The van der Waals surface area contributed by atoms with Crippen LogP contribution in [0.25, 0.3) is 0 Å². The standard InChI is InChI=1S/C16H21Br2N3/c1-6-21-12(5)15(11(4)20-21)10(3)19-16-13(17)7-9(2)8-14(16)18/h7-8,10,19H,6H2,1-5H3. The van der Waals surface area contributed by atoms with E-state index in [2.05, 4.69) is 93.7 Å². The predicted molar refractivity (Wildman–Crippen MR) is 96.0 cm³/mol. The molecule has 1 aromatic heterocycles. The molecule has 1 atom stereocenters. The van der Waals surface area contributed by atoms with Gasteiger partial charge < -0.3 is 5.32 Å². The van der Waals surface area contributed by atoms with Gasteiger partial charge in [-0.25, -0.2) is 0 Å². The summed E-state index contributed by atoms with van der Waals surface area (Å²) in [6.45, 7) is 11.5. The number of aryl methyl sites for hydroxylation is 3.